The van der Waals surface area contributed by atoms with E-state index in [1.54, 1.807) is 0 Å². The highest BCUT2D eigenvalue weighted by molar-refractivity contribution is 5.78. The van der Waals surface area contributed by atoms with Crippen LogP contribution >= 0.6 is 0 Å². The molecule has 2 aliphatic rings. The van der Waals surface area contributed by atoms with Crippen LogP contribution in [0.25, 0.3) is 0 Å². The highest BCUT2D eigenvalue weighted by atomic mass is 16.3. The fraction of sp³-hybridized carbons (Fsp3) is 0.632. The summed E-state index contributed by atoms with van der Waals surface area (Å²) in [4.78, 5) is 16.6. The van der Waals surface area contributed by atoms with Crippen LogP contribution in [0.1, 0.15) is 36.8 Å². The van der Waals surface area contributed by atoms with Gasteiger partial charge in [0.1, 0.15) is 0 Å². The van der Waals surface area contributed by atoms with Gasteiger partial charge in [0.2, 0.25) is 5.91 Å². The van der Waals surface area contributed by atoms with E-state index in [1.807, 2.05) is 4.90 Å². The molecule has 24 heavy (non-hydrogen) atoms. The van der Waals surface area contributed by atoms with Crippen LogP contribution in [-0.2, 0) is 17.9 Å². The van der Waals surface area contributed by atoms with Crippen molar-refractivity contribution in [2.75, 3.05) is 32.7 Å². The Kier molecular flexibility index (Phi) is 6.24. The second kappa shape index (κ2) is 8.60. The summed E-state index contributed by atoms with van der Waals surface area (Å²) in [7, 11) is 0. The largest absolute Gasteiger partial charge is 0.392 e. The minimum atomic E-state index is -0.284. The minimum absolute atomic E-state index is 0.0362. The fourth-order valence-electron chi connectivity index (χ4n) is 3.67. The number of hydrogen-bond acceptors (Lipinski definition) is 4. The van der Waals surface area contributed by atoms with Gasteiger partial charge < -0.3 is 10.4 Å². The Bertz CT molecular complexity index is 543. The lowest BCUT2D eigenvalue weighted by Crippen LogP contribution is -2.44. The number of aliphatic hydroxyl groups excluding tert-OH is 1. The van der Waals surface area contributed by atoms with Gasteiger partial charge >= 0.3 is 0 Å². The SMILES string of the molecule is O=C(CN1CCC[C@H](O)C1)NCc1cccc(CN2CCCC2)c1. The standard InChI is InChI=1S/C19H29N3O2/c23-18-7-4-10-22(14-18)15-19(24)20-12-16-5-3-6-17(11-16)13-21-8-1-2-9-21/h3,5-6,11,18,23H,1-2,4,7-10,12-15H2,(H,20,24)/t18-/m0/s1. The first kappa shape index (κ1) is 17.4. The molecule has 1 atom stereocenters. The maximum Gasteiger partial charge on any atom is 0.234 e. The molecule has 132 valence electrons. The molecule has 5 nitrogen and oxygen atoms in total. The zero-order valence-electron chi connectivity index (χ0n) is 14.4. The van der Waals surface area contributed by atoms with E-state index in [0.717, 1.165) is 31.5 Å². The van der Waals surface area contributed by atoms with Crippen molar-refractivity contribution in [3.63, 3.8) is 0 Å². The molecule has 3 rings (SSSR count). The number of nitrogens with zero attached hydrogens (tertiary/aromatic N) is 2. The third-order valence-electron chi connectivity index (χ3n) is 4.93. The average molecular weight is 331 g/mol. The van der Waals surface area contributed by atoms with E-state index >= 15 is 0 Å². The van der Waals surface area contributed by atoms with E-state index in [9.17, 15) is 9.90 Å². The number of hydrogen-bond donors (Lipinski definition) is 2. The predicted molar refractivity (Wildman–Crippen MR) is 94.5 cm³/mol. The van der Waals surface area contributed by atoms with Crippen molar-refractivity contribution in [3.05, 3.63) is 35.4 Å². The second-order valence-electron chi connectivity index (χ2n) is 7.11. The van der Waals surface area contributed by atoms with E-state index in [-0.39, 0.29) is 12.0 Å². The summed E-state index contributed by atoms with van der Waals surface area (Å²) >= 11 is 0. The summed E-state index contributed by atoms with van der Waals surface area (Å²) in [6.45, 7) is 5.86. The molecule has 2 fully saturated rings. The molecule has 2 N–H and O–H groups in total. The molecule has 0 unspecified atom stereocenters. The Hall–Kier alpha value is -1.43. The second-order valence-corrected chi connectivity index (χ2v) is 7.11. The van der Waals surface area contributed by atoms with Gasteiger partial charge in [0.25, 0.3) is 0 Å². The summed E-state index contributed by atoms with van der Waals surface area (Å²) < 4.78 is 0. The van der Waals surface area contributed by atoms with Crippen LogP contribution in [0.4, 0.5) is 0 Å². The topological polar surface area (TPSA) is 55.8 Å². The van der Waals surface area contributed by atoms with E-state index < -0.39 is 0 Å². The van der Waals surface area contributed by atoms with Gasteiger partial charge in [-0.2, -0.15) is 0 Å². The first-order valence-corrected chi connectivity index (χ1v) is 9.16. The number of carbonyl (C=O) groups is 1. The summed E-state index contributed by atoms with van der Waals surface area (Å²) in [6, 6.07) is 8.51. The number of piperidine rings is 1. The van der Waals surface area contributed by atoms with Crippen molar-refractivity contribution in [2.24, 2.45) is 0 Å². The Labute approximate surface area is 144 Å². The fourth-order valence-corrected chi connectivity index (χ4v) is 3.67. The Morgan fingerprint density at radius 2 is 1.88 bits per heavy atom. The van der Waals surface area contributed by atoms with Crippen LogP contribution in [0, 0.1) is 0 Å². The monoisotopic (exact) mass is 331 g/mol. The van der Waals surface area contributed by atoms with Crippen molar-refractivity contribution in [1.82, 2.24) is 15.1 Å². The number of rotatable bonds is 6. The molecule has 1 aromatic rings. The van der Waals surface area contributed by atoms with Crippen LogP contribution in [0.2, 0.25) is 0 Å². The van der Waals surface area contributed by atoms with Gasteiger partial charge in [0.05, 0.1) is 12.6 Å². The van der Waals surface area contributed by atoms with E-state index in [4.69, 9.17) is 0 Å². The zero-order valence-corrected chi connectivity index (χ0v) is 14.4. The third-order valence-corrected chi connectivity index (χ3v) is 4.93. The molecule has 2 saturated heterocycles. The normalized spacial score (nSPS) is 22.6. The van der Waals surface area contributed by atoms with Crippen molar-refractivity contribution >= 4 is 5.91 Å². The Morgan fingerprint density at radius 3 is 2.67 bits per heavy atom. The quantitative estimate of drug-likeness (QED) is 0.826. The van der Waals surface area contributed by atoms with Gasteiger partial charge in [0.15, 0.2) is 0 Å². The zero-order chi connectivity index (χ0) is 16.8. The highest BCUT2D eigenvalue weighted by Crippen LogP contribution is 2.14. The summed E-state index contributed by atoms with van der Waals surface area (Å²) in [5, 5.41) is 12.7. The lowest BCUT2D eigenvalue weighted by Gasteiger charge is -2.29. The number of benzene rings is 1. The van der Waals surface area contributed by atoms with Crippen LogP contribution in [-0.4, -0.2) is 59.6 Å². The van der Waals surface area contributed by atoms with Gasteiger partial charge in [-0.05, 0) is 56.4 Å². The van der Waals surface area contributed by atoms with Gasteiger partial charge in [-0.1, -0.05) is 24.3 Å². The molecule has 2 heterocycles. The molecule has 5 heteroatoms. The van der Waals surface area contributed by atoms with Crippen LogP contribution in [0.15, 0.2) is 24.3 Å². The smallest absolute Gasteiger partial charge is 0.234 e. The van der Waals surface area contributed by atoms with Crippen molar-refractivity contribution in [3.8, 4) is 0 Å². The van der Waals surface area contributed by atoms with E-state index in [1.165, 1.54) is 31.5 Å². The molecular formula is C19H29N3O2. The Morgan fingerprint density at radius 1 is 1.12 bits per heavy atom. The van der Waals surface area contributed by atoms with Crippen molar-refractivity contribution < 1.29 is 9.90 Å². The number of carbonyl (C=O) groups excluding carboxylic acids is 1. The van der Waals surface area contributed by atoms with Crippen molar-refractivity contribution in [2.45, 2.75) is 44.9 Å². The number of likely N-dealkylation sites (tertiary alicyclic amines) is 2. The summed E-state index contributed by atoms with van der Waals surface area (Å²) in [5.74, 6) is 0.0362. The lowest BCUT2D eigenvalue weighted by molar-refractivity contribution is -0.123. The third kappa shape index (κ3) is 5.30. The molecular weight excluding hydrogens is 302 g/mol. The highest BCUT2D eigenvalue weighted by Gasteiger charge is 2.19. The van der Waals surface area contributed by atoms with Gasteiger partial charge in [-0.15, -0.1) is 0 Å². The average Bonchev–Trinajstić information content (AvgIpc) is 3.06. The molecule has 1 amide bonds. The van der Waals surface area contributed by atoms with Gasteiger partial charge in [0, 0.05) is 19.6 Å². The molecule has 0 bridgehead atoms. The summed E-state index contributed by atoms with van der Waals surface area (Å²) in [6.07, 6.45) is 4.14. The van der Waals surface area contributed by atoms with E-state index in [2.05, 4.69) is 34.5 Å². The molecule has 0 aromatic heterocycles. The molecule has 2 aliphatic heterocycles. The number of nitrogens with one attached hydrogen (secondary N) is 1. The van der Waals surface area contributed by atoms with E-state index in [0.29, 0.717) is 19.6 Å². The predicted octanol–water partition coefficient (Wildman–Crippen LogP) is 1.36. The van der Waals surface area contributed by atoms with Crippen molar-refractivity contribution in [1.29, 1.82) is 0 Å². The Balaban J connectivity index is 1.44. The van der Waals surface area contributed by atoms with Gasteiger partial charge in [-0.25, -0.2) is 0 Å². The molecule has 0 saturated carbocycles. The molecule has 0 aliphatic carbocycles. The summed E-state index contributed by atoms with van der Waals surface area (Å²) in [5.41, 5.74) is 2.47. The first-order chi connectivity index (χ1) is 11.7. The van der Waals surface area contributed by atoms with Crippen LogP contribution < -0.4 is 5.32 Å². The van der Waals surface area contributed by atoms with Crippen LogP contribution in [0.5, 0.6) is 0 Å². The number of amides is 1. The number of β-amino-alcohol motifs (C(OH)–C–C–N with tert-alkyl or cyclic N) is 1. The maximum atomic E-state index is 12.1. The van der Waals surface area contributed by atoms with Crippen LogP contribution in [0.3, 0.4) is 0 Å². The van der Waals surface area contributed by atoms with Gasteiger partial charge in [-0.3, -0.25) is 14.6 Å². The first-order valence-electron chi connectivity index (χ1n) is 9.16. The maximum absolute atomic E-state index is 12.1. The molecule has 0 radical (unpaired) electrons. The number of aliphatic hydroxyl groups is 1. The minimum Gasteiger partial charge on any atom is -0.392 e. The lowest BCUT2D eigenvalue weighted by atomic mass is 10.1. The molecule has 0 spiro atoms. The molecule has 1 aromatic carbocycles.